The summed E-state index contributed by atoms with van der Waals surface area (Å²) in [4.78, 5) is 26.3. The van der Waals surface area contributed by atoms with Gasteiger partial charge in [0.25, 0.3) is 5.91 Å². The van der Waals surface area contributed by atoms with Crippen LogP contribution in [0.25, 0.3) is 0 Å². The van der Waals surface area contributed by atoms with Gasteiger partial charge >= 0.3 is 0 Å². The molecule has 0 saturated carbocycles. The quantitative estimate of drug-likeness (QED) is 0.843. The van der Waals surface area contributed by atoms with Crippen LogP contribution in [0.15, 0.2) is 18.2 Å². The predicted molar refractivity (Wildman–Crippen MR) is 103 cm³/mol. The van der Waals surface area contributed by atoms with Crippen molar-refractivity contribution >= 4 is 45.6 Å². The van der Waals surface area contributed by atoms with Crippen molar-refractivity contribution in [2.24, 2.45) is 0 Å². The van der Waals surface area contributed by atoms with E-state index in [2.05, 4.69) is 15.5 Å². The van der Waals surface area contributed by atoms with Gasteiger partial charge in [0.15, 0.2) is 0 Å². The number of carbonyl (C=O) groups is 2. The fraction of sp³-hybridized carbons (Fsp3) is 0.444. The number of rotatable bonds is 4. The van der Waals surface area contributed by atoms with E-state index >= 15 is 0 Å². The minimum Gasteiger partial charge on any atom is -0.368 e. The number of carbonyl (C=O) groups excluding carboxylic acids is 2. The molecule has 0 bridgehead atoms. The number of aromatic nitrogens is 2. The maximum Gasteiger partial charge on any atom is 0.255 e. The van der Waals surface area contributed by atoms with E-state index in [9.17, 15) is 9.59 Å². The van der Waals surface area contributed by atoms with Crippen molar-refractivity contribution in [3.8, 4) is 0 Å². The van der Waals surface area contributed by atoms with E-state index in [1.807, 2.05) is 25.1 Å². The van der Waals surface area contributed by atoms with Gasteiger partial charge in [-0.05, 0) is 37.5 Å². The van der Waals surface area contributed by atoms with Crippen LogP contribution in [0.3, 0.4) is 0 Å². The van der Waals surface area contributed by atoms with Crippen molar-refractivity contribution < 1.29 is 14.3 Å². The number of nitrogens with zero attached hydrogens (tertiary/aromatic N) is 3. The van der Waals surface area contributed by atoms with Crippen molar-refractivity contribution in [2.45, 2.75) is 38.2 Å². The number of halogens is 1. The predicted octanol–water partition coefficient (Wildman–Crippen LogP) is 3.14. The molecule has 2 amide bonds. The minimum atomic E-state index is -0.410. The van der Waals surface area contributed by atoms with E-state index in [-0.39, 0.29) is 17.7 Å². The molecule has 2 aliphatic rings. The summed E-state index contributed by atoms with van der Waals surface area (Å²) in [5.74, 6) is -0.211. The summed E-state index contributed by atoms with van der Waals surface area (Å²) in [6, 6.07) is 5.61. The number of benzene rings is 1. The van der Waals surface area contributed by atoms with Gasteiger partial charge in [-0.3, -0.25) is 14.9 Å². The van der Waals surface area contributed by atoms with Crippen LogP contribution in [-0.2, 0) is 14.3 Å². The lowest BCUT2D eigenvalue weighted by atomic mass is 10.1. The SMILES string of the molecule is Cc1ccc(N2C[C@H](c3nnc(NC(=O)[C@@H]4CCCO4)s3)CC2=O)cc1Cl. The molecule has 4 rings (SSSR count). The first-order chi connectivity index (χ1) is 13.0. The zero-order valence-electron chi connectivity index (χ0n) is 14.8. The second kappa shape index (κ2) is 7.53. The van der Waals surface area contributed by atoms with Crippen LogP contribution in [0.4, 0.5) is 10.8 Å². The third-order valence-electron chi connectivity index (χ3n) is 4.83. The monoisotopic (exact) mass is 406 g/mol. The van der Waals surface area contributed by atoms with E-state index in [1.54, 1.807) is 4.90 Å². The highest BCUT2D eigenvalue weighted by molar-refractivity contribution is 7.15. The molecule has 0 aliphatic carbocycles. The molecule has 2 fully saturated rings. The van der Waals surface area contributed by atoms with Crippen LogP contribution >= 0.6 is 22.9 Å². The minimum absolute atomic E-state index is 0.0278. The lowest BCUT2D eigenvalue weighted by Gasteiger charge is -2.17. The standard InChI is InChI=1S/C18H19ClN4O3S/c1-10-4-5-12(8-13(10)19)23-9-11(7-15(23)24)17-21-22-18(27-17)20-16(25)14-3-2-6-26-14/h4-5,8,11,14H,2-3,6-7,9H2,1H3,(H,20,22,25)/t11-,14+/m1/s1. The molecule has 9 heteroatoms. The van der Waals surface area contributed by atoms with E-state index in [0.29, 0.717) is 29.7 Å². The Morgan fingerprint density at radius 2 is 2.26 bits per heavy atom. The molecule has 2 aromatic rings. The summed E-state index contributed by atoms with van der Waals surface area (Å²) < 4.78 is 5.37. The zero-order valence-corrected chi connectivity index (χ0v) is 16.3. The molecule has 1 aromatic carbocycles. The molecule has 3 heterocycles. The summed E-state index contributed by atoms with van der Waals surface area (Å²) >= 11 is 7.50. The third-order valence-corrected chi connectivity index (χ3v) is 6.24. The maximum atomic E-state index is 12.5. The number of aryl methyl sites for hydroxylation is 1. The first-order valence-electron chi connectivity index (χ1n) is 8.83. The maximum absolute atomic E-state index is 12.5. The van der Waals surface area contributed by atoms with E-state index in [1.165, 1.54) is 11.3 Å². The van der Waals surface area contributed by atoms with Gasteiger partial charge < -0.3 is 9.64 Å². The Bertz CT molecular complexity index is 881. The number of hydrogen-bond acceptors (Lipinski definition) is 6. The molecule has 2 aliphatic heterocycles. The van der Waals surface area contributed by atoms with Crippen LogP contribution in [0.2, 0.25) is 5.02 Å². The molecule has 2 atom stereocenters. The number of hydrogen-bond donors (Lipinski definition) is 1. The molecular formula is C18H19ClN4O3S. The molecule has 142 valence electrons. The van der Waals surface area contributed by atoms with Gasteiger partial charge in [-0.2, -0.15) is 0 Å². The van der Waals surface area contributed by atoms with Gasteiger partial charge in [0.2, 0.25) is 11.0 Å². The molecule has 7 nitrogen and oxygen atoms in total. The van der Waals surface area contributed by atoms with Crippen LogP contribution in [0.5, 0.6) is 0 Å². The van der Waals surface area contributed by atoms with Crippen molar-refractivity contribution in [2.75, 3.05) is 23.4 Å². The molecule has 27 heavy (non-hydrogen) atoms. The smallest absolute Gasteiger partial charge is 0.255 e. The average molecular weight is 407 g/mol. The normalized spacial score (nSPS) is 22.4. The van der Waals surface area contributed by atoms with Crippen molar-refractivity contribution in [3.63, 3.8) is 0 Å². The number of ether oxygens (including phenoxy) is 1. The van der Waals surface area contributed by atoms with E-state index in [0.717, 1.165) is 29.1 Å². The molecule has 1 aromatic heterocycles. The topological polar surface area (TPSA) is 84.4 Å². The highest BCUT2D eigenvalue weighted by Gasteiger charge is 2.34. The third kappa shape index (κ3) is 3.83. The van der Waals surface area contributed by atoms with Crippen molar-refractivity contribution in [1.82, 2.24) is 10.2 Å². The first kappa shape index (κ1) is 18.3. The van der Waals surface area contributed by atoms with Crippen LogP contribution in [0.1, 0.15) is 35.8 Å². The lowest BCUT2D eigenvalue weighted by Crippen LogP contribution is -2.26. The number of amides is 2. The van der Waals surface area contributed by atoms with Gasteiger partial charge in [0, 0.05) is 36.2 Å². The summed E-state index contributed by atoms with van der Waals surface area (Å²) in [5.41, 5.74) is 1.76. The molecule has 1 N–H and O–H groups in total. The Balaban J connectivity index is 1.43. The Kier molecular flexibility index (Phi) is 5.12. The van der Waals surface area contributed by atoms with E-state index in [4.69, 9.17) is 16.3 Å². The summed E-state index contributed by atoms with van der Waals surface area (Å²) in [6.07, 6.45) is 1.57. The lowest BCUT2D eigenvalue weighted by molar-refractivity contribution is -0.124. The molecular weight excluding hydrogens is 388 g/mol. The van der Waals surface area contributed by atoms with Crippen molar-refractivity contribution in [1.29, 1.82) is 0 Å². The highest BCUT2D eigenvalue weighted by Crippen LogP contribution is 2.35. The Morgan fingerprint density at radius 1 is 1.41 bits per heavy atom. The van der Waals surface area contributed by atoms with Crippen LogP contribution < -0.4 is 10.2 Å². The van der Waals surface area contributed by atoms with Crippen LogP contribution in [-0.4, -0.2) is 41.3 Å². The second-order valence-corrected chi connectivity index (χ2v) is 8.19. The molecule has 0 radical (unpaired) electrons. The zero-order chi connectivity index (χ0) is 19.0. The van der Waals surface area contributed by atoms with Crippen molar-refractivity contribution in [3.05, 3.63) is 33.8 Å². The summed E-state index contributed by atoms with van der Waals surface area (Å²) in [5, 5.41) is 12.8. The Morgan fingerprint density at radius 3 is 3.00 bits per heavy atom. The van der Waals surface area contributed by atoms with E-state index < -0.39 is 6.10 Å². The highest BCUT2D eigenvalue weighted by atomic mass is 35.5. The van der Waals surface area contributed by atoms with Crippen LogP contribution in [0, 0.1) is 6.92 Å². The fourth-order valence-corrected chi connectivity index (χ4v) is 4.30. The van der Waals surface area contributed by atoms with Gasteiger partial charge in [0.05, 0.1) is 0 Å². The number of anilines is 2. The second-order valence-electron chi connectivity index (χ2n) is 6.78. The Labute approximate surface area is 165 Å². The first-order valence-corrected chi connectivity index (χ1v) is 10.0. The van der Waals surface area contributed by atoms with Gasteiger partial charge in [0.1, 0.15) is 11.1 Å². The molecule has 0 spiro atoms. The average Bonchev–Trinajstić information content (AvgIpc) is 3.38. The number of nitrogens with one attached hydrogen (secondary N) is 1. The van der Waals surface area contributed by atoms with Gasteiger partial charge in [-0.25, -0.2) is 0 Å². The Hall–Kier alpha value is -2.03. The molecule has 2 saturated heterocycles. The van der Waals surface area contributed by atoms with Gasteiger partial charge in [-0.1, -0.05) is 29.0 Å². The summed E-state index contributed by atoms with van der Waals surface area (Å²) in [6.45, 7) is 3.06. The largest absolute Gasteiger partial charge is 0.368 e. The molecule has 0 unspecified atom stereocenters. The van der Waals surface area contributed by atoms with Gasteiger partial charge in [-0.15, -0.1) is 10.2 Å². The summed E-state index contributed by atoms with van der Waals surface area (Å²) in [7, 11) is 0. The fourth-order valence-electron chi connectivity index (χ4n) is 3.29.